The maximum Gasteiger partial charge on any atom is 0.232 e. The molecular weight excluding hydrogens is 196 g/mol. The van der Waals surface area contributed by atoms with Crippen molar-refractivity contribution in [3.05, 3.63) is 0 Å². The summed E-state index contributed by atoms with van der Waals surface area (Å²) in [5.74, 6) is -0.591. The van der Waals surface area contributed by atoms with Gasteiger partial charge in [0.15, 0.2) is 0 Å². The highest BCUT2D eigenvalue weighted by molar-refractivity contribution is 6.04. The molecule has 15 heavy (non-hydrogen) atoms. The number of carbonyl (C=O) groups excluding carboxylic acids is 2. The van der Waals surface area contributed by atoms with Crippen LogP contribution in [0.15, 0.2) is 0 Å². The zero-order chi connectivity index (χ0) is 11.4. The van der Waals surface area contributed by atoms with Crippen molar-refractivity contribution >= 4 is 11.8 Å². The summed E-state index contributed by atoms with van der Waals surface area (Å²) in [6.45, 7) is 5.19. The molecule has 5 heteroatoms. The first kappa shape index (κ1) is 12.1. The standard InChI is InChI=1S/C10H18N2O3/c1-7-8(2)10(14)12(9(7)13)4-6-15-5-3-11/h7-8H,3-6,11H2,1-2H3. The summed E-state index contributed by atoms with van der Waals surface area (Å²) in [7, 11) is 0. The normalized spacial score (nSPS) is 26.5. The van der Waals surface area contributed by atoms with Gasteiger partial charge in [-0.15, -0.1) is 0 Å². The Balaban J connectivity index is 2.41. The van der Waals surface area contributed by atoms with Gasteiger partial charge in [0.05, 0.1) is 19.8 Å². The Labute approximate surface area is 89.6 Å². The molecule has 2 amide bonds. The van der Waals surface area contributed by atoms with Crippen LogP contribution >= 0.6 is 0 Å². The summed E-state index contributed by atoms with van der Waals surface area (Å²) >= 11 is 0. The minimum absolute atomic E-state index is 0.0937. The molecule has 0 bridgehead atoms. The van der Waals surface area contributed by atoms with Crippen LogP contribution in [-0.4, -0.2) is 43.0 Å². The van der Waals surface area contributed by atoms with Gasteiger partial charge >= 0.3 is 0 Å². The van der Waals surface area contributed by atoms with E-state index in [9.17, 15) is 9.59 Å². The first-order valence-electron chi connectivity index (χ1n) is 5.22. The van der Waals surface area contributed by atoms with Gasteiger partial charge in [-0.1, -0.05) is 13.8 Å². The maximum atomic E-state index is 11.6. The number of imide groups is 1. The van der Waals surface area contributed by atoms with Crippen molar-refractivity contribution in [1.29, 1.82) is 0 Å². The van der Waals surface area contributed by atoms with Crippen LogP contribution in [0.2, 0.25) is 0 Å². The lowest BCUT2D eigenvalue weighted by molar-refractivity contribution is -0.140. The zero-order valence-corrected chi connectivity index (χ0v) is 9.23. The monoisotopic (exact) mass is 214 g/mol. The average Bonchev–Trinajstić information content (AvgIpc) is 2.41. The quantitative estimate of drug-likeness (QED) is 0.499. The molecule has 1 aliphatic rings. The molecule has 2 unspecified atom stereocenters. The number of nitrogens with zero attached hydrogens (tertiary/aromatic N) is 1. The summed E-state index contributed by atoms with van der Waals surface area (Å²) in [6.07, 6.45) is 0. The highest BCUT2D eigenvalue weighted by Crippen LogP contribution is 2.24. The van der Waals surface area contributed by atoms with Gasteiger partial charge in [-0.2, -0.15) is 0 Å². The summed E-state index contributed by atoms with van der Waals surface area (Å²) in [4.78, 5) is 24.5. The van der Waals surface area contributed by atoms with Crippen LogP contribution in [-0.2, 0) is 14.3 Å². The average molecular weight is 214 g/mol. The van der Waals surface area contributed by atoms with E-state index in [1.807, 2.05) is 0 Å². The number of carbonyl (C=O) groups is 2. The topological polar surface area (TPSA) is 72.6 Å². The maximum absolute atomic E-state index is 11.6. The van der Waals surface area contributed by atoms with E-state index < -0.39 is 0 Å². The van der Waals surface area contributed by atoms with E-state index in [1.54, 1.807) is 13.8 Å². The Morgan fingerprint density at radius 2 is 1.73 bits per heavy atom. The molecule has 5 nitrogen and oxygen atoms in total. The SMILES string of the molecule is CC1C(=O)N(CCOCCN)C(=O)C1C. The van der Waals surface area contributed by atoms with Crippen LogP contribution in [0.3, 0.4) is 0 Å². The number of hydrogen-bond acceptors (Lipinski definition) is 4. The predicted octanol–water partition coefficient (Wildman–Crippen LogP) is -0.397. The van der Waals surface area contributed by atoms with Crippen LogP contribution in [0, 0.1) is 11.8 Å². The molecule has 1 fully saturated rings. The lowest BCUT2D eigenvalue weighted by atomic mass is 10.00. The molecule has 0 saturated carbocycles. The number of rotatable bonds is 5. The number of likely N-dealkylation sites (tertiary alicyclic amines) is 1. The summed E-state index contributed by atoms with van der Waals surface area (Å²) in [5.41, 5.74) is 5.25. The largest absolute Gasteiger partial charge is 0.378 e. The third-order valence-corrected chi connectivity index (χ3v) is 2.78. The van der Waals surface area contributed by atoms with Crippen LogP contribution in [0.4, 0.5) is 0 Å². The molecule has 86 valence electrons. The molecule has 0 aromatic rings. The molecule has 0 aromatic carbocycles. The second-order valence-corrected chi connectivity index (χ2v) is 3.81. The summed E-state index contributed by atoms with van der Waals surface area (Å²) in [6, 6.07) is 0. The highest BCUT2D eigenvalue weighted by atomic mass is 16.5. The molecular formula is C10H18N2O3. The summed E-state index contributed by atoms with van der Waals surface area (Å²) < 4.78 is 5.14. The second kappa shape index (κ2) is 5.23. The zero-order valence-electron chi connectivity index (χ0n) is 9.23. The van der Waals surface area contributed by atoms with Crippen LogP contribution in [0.1, 0.15) is 13.8 Å². The molecule has 0 aromatic heterocycles. The van der Waals surface area contributed by atoms with Crippen LogP contribution in [0.25, 0.3) is 0 Å². The molecule has 1 saturated heterocycles. The van der Waals surface area contributed by atoms with Gasteiger partial charge in [0.1, 0.15) is 0 Å². The molecule has 0 aliphatic carbocycles. The minimum Gasteiger partial charge on any atom is -0.378 e. The number of amides is 2. The van der Waals surface area contributed by atoms with Gasteiger partial charge in [-0.3, -0.25) is 14.5 Å². The fourth-order valence-electron chi connectivity index (χ4n) is 1.59. The van der Waals surface area contributed by atoms with Gasteiger partial charge in [0, 0.05) is 18.4 Å². The lowest BCUT2D eigenvalue weighted by Gasteiger charge is -2.14. The van der Waals surface area contributed by atoms with Crippen molar-refractivity contribution in [2.75, 3.05) is 26.3 Å². The Morgan fingerprint density at radius 3 is 2.20 bits per heavy atom. The third kappa shape index (κ3) is 2.54. The second-order valence-electron chi connectivity index (χ2n) is 3.81. The van der Waals surface area contributed by atoms with Gasteiger partial charge < -0.3 is 10.5 Å². The van der Waals surface area contributed by atoms with Crippen molar-refractivity contribution in [2.24, 2.45) is 17.6 Å². The third-order valence-electron chi connectivity index (χ3n) is 2.78. The van der Waals surface area contributed by atoms with Gasteiger partial charge in [-0.25, -0.2) is 0 Å². The number of ether oxygens (including phenoxy) is 1. The van der Waals surface area contributed by atoms with Gasteiger partial charge in [-0.05, 0) is 0 Å². The van der Waals surface area contributed by atoms with Crippen molar-refractivity contribution in [1.82, 2.24) is 4.90 Å². The molecule has 1 heterocycles. The predicted molar refractivity (Wildman–Crippen MR) is 54.9 cm³/mol. The highest BCUT2D eigenvalue weighted by Gasteiger charge is 2.41. The molecule has 1 rings (SSSR count). The van der Waals surface area contributed by atoms with E-state index in [1.165, 1.54) is 4.90 Å². The number of hydrogen-bond donors (Lipinski definition) is 1. The summed E-state index contributed by atoms with van der Waals surface area (Å²) in [5, 5.41) is 0. The van der Waals surface area contributed by atoms with Crippen molar-refractivity contribution in [3.8, 4) is 0 Å². The van der Waals surface area contributed by atoms with E-state index in [4.69, 9.17) is 10.5 Å². The molecule has 2 atom stereocenters. The van der Waals surface area contributed by atoms with E-state index in [2.05, 4.69) is 0 Å². The Morgan fingerprint density at radius 1 is 1.20 bits per heavy atom. The molecule has 0 spiro atoms. The Bertz CT molecular complexity index is 235. The van der Waals surface area contributed by atoms with E-state index >= 15 is 0 Å². The van der Waals surface area contributed by atoms with E-state index in [-0.39, 0.29) is 23.7 Å². The van der Waals surface area contributed by atoms with E-state index in [0.717, 1.165) is 0 Å². The van der Waals surface area contributed by atoms with Crippen LogP contribution in [0.5, 0.6) is 0 Å². The van der Waals surface area contributed by atoms with Crippen LogP contribution < -0.4 is 5.73 Å². The fraction of sp³-hybridized carbons (Fsp3) is 0.800. The van der Waals surface area contributed by atoms with Crippen molar-refractivity contribution in [2.45, 2.75) is 13.8 Å². The number of nitrogens with two attached hydrogens (primary N) is 1. The Kier molecular flexibility index (Phi) is 4.23. The Hall–Kier alpha value is -0.940. The first-order valence-corrected chi connectivity index (χ1v) is 5.22. The first-order chi connectivity index (χ1) is 7.09. The molecule has 2 N–H and O–H groups in total. The smallest absolute Gasteiger partial charge is 0.232 e. The van der Waals surface area contributed by atoms with Gasteiger partial charge in [0.25, 0.3) is 0 Å². The molecule has 0 radical (unpaired) electrons. The molecule has 1 aliphatic heterocycles. The van der Waals surface area contributed by atoms with E-state index in [0.29, 0.717) is 26.3 Å². The van der Waals surface area contributed by atoms with Gasteiger partial charge in [0.2, 0.25) is 11.8 Å². The van der Waals surface area contributed by atoms with Crippen molar-refractivity contribution < 1.29 is 14.3 Å². The van der Waals surface area contributed by atoms with Crippen molar-refractivity contribution in [3.63, 3.8) is 0 Å². The lowest BCUT2D eigenvalue weighted by Crippen LogP contribution is -2.34. The minimum atomic E-state index is -0.202. The fourth-order valence-corrected chi connectivity index (χ4v) is 1.59.